The monoisotopic (exact) mass is 328 g/mol. The van der Waals surface area contributed by atoms with Crippen molar-refractivity contribution in [3.8, 4) is 0 Å². The van der Waals surface area contributed by atoms with Crippen molar-refractivity contribution in [2.24, 2.45) is 0 Å². The van der Waals surface area contributed by atoms with Gasteiger partial charge in [0.1, 0.15) is 6.33 Å². The zero-order chi connectivity index (χ0) is 16.8. The Morgan fingerprint density at radius 3 is 2.79 bits per heavy atom. The number of nitrogens with one attached hydrogen (secondary N) is 1. The molecule has 1 aliphatic rings. The molecule has 1 aromatic heterocycles. The van der Waals surface area contributed by atoms with Gasteiger partial charge in [-0.25, -0.2) is 4.68 Å². The second-order valence-corrected chi connectivity index (χ2v) is 5.79. The topological polar surface area (TPSA) is 93.0 Å². The highest BCUT2D eigenvalue weighted by atomic mass is 16.2. The predicted molar refractivity (Wildman–Crippen MR) is 85.4 cm³/mol. The molecule has 24 heavy (non-hydrogen) atoms. The number of amides is 2. The number of carbonyl (C=O) groups excluding carboxylic acids is 2. The highest BCUT2D eigenvalue weighted by molar-refractivity contribution is 5.78. The number of hydrogen-bond acceptors (Lipinski definition) is 5. The van der Waals surface area contributed by atoms with Gasteiger partial charge >= 0.3 is 0 Å². The maximum absolute atomic E-state index is 12.0. The smallest absolute Gasteiger partial charge is 0.222 e. The molecule has 3 rings (SSSR count). The van der Waals surface area contributed by atoms with Crippen LogP contribution in [0, 0.1) is 0 Å². The first kappa shape index (κ1) is 16.1. The van der Waals surface area contributed by atoms with Gasteiger partial charge in [-0.3, -0.25) is 9.59 Å². The summed E-state index contributed by atoms with van der Waals surface area (Å²) in [5.74, 6) is 0.146. The minimum atomic E-state index is -0.0578. The van der Waals surface area contributed by atoms with Gasteiger partial charge in [0.25, 0.3) is 0 Å². The van der Waals surface area contributed by atoms with E-state index in [2.05, 4.69) is 20.8 Å². The van der Waals surface area contributed by atoms with Crippen molar-refractivity contribution in [2.75, 3.05) is 6.54 Å². The van der Waals surface area contributed by atoms with E-state index < -0.39 is 0 Å². The summed E-state index contributed by atoms with van der Waals surface area (Å²) in [7, 11) is 0. The third-order valence-electron chi connectivity index (χ3n) is 4.09. The Balaban J connectivity index is 1.53. The number of tetrazole rings is 1. The number of nitrogens with zero attached hydrogens (tertiary/aromatic N) is 5. The molecule has 1 fully saturated rings. The molecule has 1 saturated heterocycles. The number of likely N-dealkylation sites (tertiary alicyclic amines) is 1. The van der Waals surface area contributed by atoms with Crippen LogP contribution in [0.3, 0.4) is 0 Å². The van der Waals surface area contributed by atoms with Crippen molar-refractivity contribution in [1.29, 1.82) is 0 Å². The van der Waals surface area contributed by atoms with Gasteiger partial charge in [-0.1, -0.05) is 24.3 Å². The SMILES string of the molecule is O=C(CCn1cnnn1)NCc1ccccc1CN1CCCC1=O. The second-order valence-electron chi connectivity index (χ2n) is 5.79. The lowest BCUT2D eigenvalue weighted by Gasteiger charge is -2.18. The van der Waals surface area contributed by atoms with Gasteiger partial charge in [0.2, 0.25) is 11.8 Å². The Bertz CT molecular complexity index is 700. The fourth-order valence-electron chi connectivity index (χ4n) is 2.74. The molecule has 126 valence electrons. The van der Waals surface area contributed by atoms with Crippen LogP contribution in [-0.4, -0.2) is 43.5 Å². The molecule has 2 aromatic rings. The molecule has 8 nitrogen and oxygen atoms in total. The summed E-state index contributed by atoms with van der Waals surface area (Å²) in [6, 6.07) is 7.89. The molecule has 8 heteroatoms. The molecule has 0 radical (unpaired) electrons. The largest absolute Gasteiger partial charge is 0.352 e. The summed E-state index contributed by atoms with van der Waals surface area (Å²) >= 11 is 0. The van der Waals surface area contributed by atoms with E-state index in [1.807, 2.05) is 29.2 Å². The molecule has 0 atom stereocenters. The van der Waals surface area contributed by atoms with Crippen molar-refractivity contribution >= 4 is 11.8 Å². The predicted octanol–water partition coefficient (Wildman–Crippen LogP) is 0.502. The molecule has 0 unspecified atom stereocenters. The molecule has 2 amide bonds. The van der Waals surface area contributed by atoms with E-state index in [1.54, 1.807) is 0 Å². The van der Waals surface area contributed by atoms with Crippen LogP contribution in [0.2, 0.25) is 0 Å². The Labute approximate surface area is 139 Å². The zero-order valence-electron chi connectivity index (χ0n) is 13.4. The average Bonchev–Trinajstić information content (AvgIpc) is 3.24. The molecular weight excluding hydrogens is 308 g/mol. The van der Waals surface area contributed by atoms with Gasteiger partial charge < -0.3 is 10.2 Å². The molecule has 0 aliphatic carbocycles. The molecule has 1 aromatic carbocycles. The highest BCUT2D eigenvalue weighted by Gasteiger charge is 2.20. The number of aryl methyl sites for hydroxylation is 1. The Morgan fingerprint density at radius 1 is 1.25 bits per heavy atom. The maximum Gasteiger partial charge on any atom is 0.222 e. The lowest BCUT2D eigenvalue weighted by Crippen LogP contribution is -2.27. The van der Waals surface area contributed by atoms with Crippen LogP contribution in [0.5, 0.6) is 0 Å². The molecule has 1 aliphatic heterocycles. The van der Waals surface area contributed by atoms with Crippen LogP contribution in [0.1, 0.15) is 30.4 Å². The average molecular weight is 328 g/mol. The van der Waals surface area contributed by atoms with Crippen LogP contribution in [0.25, 0.3) is 0 Å². The lowest BCUT2D eigenvalue weighted by atomic mass is 10.1. The highest BCUT2D eigenvalue weighted by Crippen LogP contribution is 2.17. The molecule has 0 saturated carbocycles. The summed E-state index contributed by atoms with van der Waals surface area (Å²) in [6.07, 6.45) is 3.36. The summed E-state index contributed by atoms with van der Waals surface area (Å²) < 4.78 is 1.52. The van der Waals surface area contributed by atoms with Crippen LogP contribution >= 0.6 is 0 Å². The number of benzene rings is 1. The fourth-order valence-corrected chi connectivity index (χ4v) is 2.74. The Morgan fingerprint density at radius 2 is 2.08 bits per heavy atom. The summed E-state index contributed by atoms with van der Waals surface area (Å²) in [5.41, 5.74) is 2.11. The second kappa shape index (κ2) is 7.67. The van der Waals surface area contributed by atoms with Gasteiger partial charge in [0.15, 0.2) is 0 Å². The van der Waals surface area contributed by atoms with Gasteiger partial charge in [0, 0.05) is 32.5 Å². The summed E-state index contributed by atoms with van der Waals surface area (Å²) in [5, 5.41) is 13.7. The van der Waals surface area contributed by atoms with Crippen LogP contribution in [0.15, 0.2) is 30.6 Å². The summed E-state index contributed by atoms with van der Waals surface area (Å²) in [6.45, 7) is 2.32. The third kappa shape index (κ3) is 4.15. The summed E-state index contributed by atoms with van der Waals surface area (Å²) in [4.78, 5) is 25.6. The lowest BCUT2D eigenvalue weighted by molar-refractivity contribution is -0.128. The van der Waals surface area contributed by atoms with E-state index in [0.717, 1.165) is 24.1 Å². The normalized spacial score (nSPS) is 14.2. The van der Waals surface area contributed by atoms with Crippen molar-refractivity contribution in [3.05, 3.63) is 41.7 Å². The molecule has 0 bridgehead atoms. The molecule has 0 spiro atoms. The first-order valence-corrected chi connectivity index (χ1v) is 8.04. The van der Waals surface area contributed by atoms with E-state index >= 15 is 0 Å². The minimum Gasteiger partial charge on any atom is -0.352 e. The van der Waals surface area contributed by atoms with Gasteiger partial charge in [0.05, 0.1) is 6.54 Å². The standard InChI is InChI=1S/C16H20N6O2/c23-15(7-9-22-12-18-19-20-22)17-10-13-4-1-2-5-14(13)11-21-8-3-6-16(21)24/h1-2,4-5,12H,3,6-11H2,(H,17,23). The van der Waals surface area contributed by atoms with E-state index in [0.29, 0.717) is 32.5 Å². The Hall–Kier alpha value is -2.77. The molecular formula is C16H20N6O2. The minimum absolute atomic E-state index is 0.0578. The van der Waals surface area contributed by atoms with Crippen molar-refractivity contribution in [2.45, 2.75) is 38.9 Å². The fraction of sp³-hybridized carbons (Fsp3) is 0.438. The quantitative estimate of drug-likeness (QED) is 0.799. The van der Waals surface area contributed by atoms with Crippen molar-refractivity contribution in [1.82, 2.24) is 30.4 Å². The number of rotatable bonds is 7. The molecule has 1 N–H and O–H groups in total. The number of carbonyl (C=O) groups is 2. The first-order valence-electron chi connectivity index (χ1n) is 8.04. The Kier molecular flexibility index (Phi) is 5.15. The van der Waals surface area contributed by atoms with E-state index in [4.69, 9.17) is 0 Å². The zero-order valence-corrected chi connectivity index (χ0v) is 13.4. The van der Waals surface area contributed by atoms with Crippen molar-refractivity contribution in [3.63, 3.8) is 0 Å². The van der Waals surface area contributed by atoms with Crippen molar-refractivity contribution < 1.29 is 9.59 Å². The van der Waals surface area contributed by atoms with E-state index in [-0.39, 0.29) is 11.8 Å². The van der Waals surface area contributed by atoms with Crippen LogP contribution < -0.4 is 5.32 Å². The van der Waals surface area contributed by atoms with Crippen LogP contribution in [0.4, 0.5) is 0 Å². The number of hydrogen-bond donors (Lipinski definition) is 1. The van der Waals surface area contributed by atoms with Gasteiger partial charge in [-0.2, -0.15) is 0 Å². The first-order chi connectivity index (χ1) is 11.7. The third-order valence-corrected chi connectivity index (χ3v) is 4.09. The number of aromatic nitrogens is 4. The maximum atomic E-state index is 12.0. The molecule has 2 heterocycles. The van der Waals surface area contributed by atoms with Gasteiger partial charge in [-0.15, -0.1) is 5.10 Å². The van der Waals surface area contributed by atoms with E-state index in [9.17, 15) is 9.59 Å². The van der Waals surface area contributed by atoms with Gasteiger partial charge in [-0.05, 0) is 28.0 Å². The van der Waals surface area contributed by atoms with E-state index in [1.165, 1.54) is 11.0 Å². The van der Waals surface area contributed by atoms with Crippen LogP contribution in [-0.2, 0) is 29.2 Å².